The van der Waals surface area contributed by atoms with Gasteiger partial charge in [-0.1, -0.05) is 52.9 Å². The van der Waals surface area contributed by atoms with E-state index in [1.54, 1.807) is 0 Å². The Balaban J connectivity index is 1.69. The van der Waals surface area contributed by atoms with Crippen molar-refractivity contribution in [3.8, 4) is 0 Å². The minimum absolute atomic E-state index is 0.0171. The molecule has 3 aliphatic carbocycles. The summed E-state index contributed by atoms with van der Waals surface area (Å²) < 4.78 is 24.2. The summed E-state index contributed by atoms with van der Waals surface area (Å²) in [6.07, 6.45) is 8.90. The van der Waals surface area contributed by atoms with Gasteiger partial charge in [-0.15, -0.1) is 0 Å². The third kappa shape index (κ3) is 6.33. The monoisotopic (exact) mass is 528 g/mol. The number of nitrogens with two attached hydrogens (primary N) is 1. The first-order valence-corrected chi connectivity index (χ1v) is 15.1. The van der Waals surface area contributed by atoms with Crippen molar-refractivity contribution in [3.63, 3.8) is 0 Å². The fraction of sp³-hybridized carbons (Fsp3) is 0.880. The van der Waals surface area contributed by atoms with Crippen LogP contribution in [0.15, 0.2) is 0 Å². The summed E-state index contributed by atoms with van der Waals surface area (Å²) in [4.78, 5) is 37.9. The zero-order valence-corrected chi connectivity index (χ0v) is 22.7. The van der Waals surface area contributed by atoms with E-state index >= 15 is 0 Å². The van der Waals surface area contributed by atoms with Gasteiger partial charge >= 0.3 is 12.0 Å². The lowest BCUT2D eigenvalue weighted by Crippen LogP contribution is -2.57. The molecular weight excluding hydrogens is 484 g/mol. The van der Waals surface area contributed by atoms with Gasteiger partial charge in [0.15, 0.2) is 9.84 Å². The Morgan fingerprint density at radius 2 is 1.67 bits per heavy atom. The van der Waals surface area contributed by atoms with Crippen LogP contribution in [0.25, 0.3) is 0 Å². The van der Waals surface area contributed by atoms with Gasteiger partial charge in [0.2, 0.25) is 5.91 Å². The van der Waals surface area contributed by atoms with Gasteiger partial charge in [-0.05, 0) is 48.3 Å². The average Bonchev–Trinajstić information content (AvgIpc) is 3.12. The molecule has 3 rings (SSSR count). The Kier molecular flexibility index (Phi) is 8.96. The van der Waals surface area contributed by atoms with Crippen LogP contribution in [0.3, 0.4) is 0 Å². The smallest absolute Gasteiger partial charge is 0.327 e. The number of hydrogen-bond donors (Lipinski definition) is 5. The number of fused-ring (bicyclic) bond motifs is 2. The van der Waals surface area contributed by atoms with Crippen molar-refractivity contribution >= 4 is 27.7 Å². The number of sulfone groups is 1. The highest BCUT2D eigenvalue weighted by molar-refractivity contribution is 7.91. The summed E-state index contributed by atoms with van der Waals surface area (Å²) in [6, 6.07) is -3.30. The highest BCUT2D eigenvalue weighted by Crippen LogP contribution is 2.65. The van der Waals surface area contributed by atoms with Gasteiger partial charge < -0.3 is 26.8 Å². The first-order chi connectivity index (χ1) is 16.8. The molecule has 206 valence electrons. The molecule has 0 spiro atoms. The third-order valence-electron chi connectivity index (χ3n) is 9.48. The molecule has 2 bridgehead atoms. The quantitative estimate of drug-likeness (QED) is 0.272. The van der Waals surface area contributed by atoms with Crippen LogP contribution in [-0.2, 0) is 19.4 Å². The number of carbonyl (C=O) groups is 3. The highest BCUT2D eigenvalue weighted by Gasteiger charge is 2.61. The molecule has 5 atom stereocenters. The van der Waals surface area contributed by atoms with Crippen LogP contribution in [0.4, 0.5) is 4.79 Å². The lowest BCUT2D eigenvalue weighted by atomic mass is 9.69. The number of aliphatic carboxylic acids is 1. The van der Waals surface area contributed by atoms with Gasteiger partial charge in [0, 0.05) is 12.6 Å². The normalized spacial score (nSPS) is 29.3. The Hall–Kier alpha value is -1.88. The Morgan fingerprint density at radius 3 is 2.19 bits per heavy atom. The third-order valence-corrected chi connectivity index (χ3v) is 11.2. The molecule has 3 fully saturated rings. The molecule has 0 unspecified atom stereocenters. The minimum Gasteiger partial charge on any atom is -0.480 e. The van der Waals surface area contributed by atoms with Gasteiger partial charge in [0.25, 0.3) is 0 Å². The van der Waals surface area contributed by atoms with Crippen LogP contribution < -0.4 is 21.7 Å². The second kappa shape index (κ2) is 11.2. The van der Waals surface area contributed by atoms with Crippen molar-refractivity contribution < 1.29 is 27.9 Å². The van der Waals surface area contributed by atoms with Gasteiger partial charge in [0.1, 0.15) is 12.1 Å². The number of nitrogens with one attached hydrogen (secondary N) is 3. The van der Waals surface area contributed by atoms with E-state index in [1.165, 1.54) is 0 Å². The summed E-state index contributed by atoms with van der Waals surface area (Å²) in [5.41, 5.74) is 5.41. The summed E-state index contributed by atoms with van der Waals surface area (Å²) in [5.74, 6) is -2.01. The van der Waals surface area contributed by atoms with E-state index in [0.29, 0.717) is 18.3 Å². The summed E-state index contributed by atoms with van der Waals surface area (Å²) in [6.45, 7) is 6.64. The largest absolute Gasteiger partial charge is 0.480 e. The minimum atomic E-state index is -3.76. The maximum absolute atomic E-state index is 13.5. The van der Waals surface area contributed by atoms with E-state index < -0.39 is 39.7 Å². The molecule has 0 radical (unpaired) electrons. The molecular formula is C25H44N4O6S. The molecule has 0 aromatic carbocycles. The van der Waals surface area contributed by atoms with Crippen molar-refractivity contribution in [3.05, 3.63) is 0 Å². The molecule has 6 N–H and O–H groups in total. The Bertz CT molecular complexity index is 933. The predicted molar refractivity (Wildman–Crippen MR) is 137 cm³/mol. The van der Waals surface area contributed by atoms with E-state index in [1.807, 2.05) is 0 Å². The lowest BCUT2D eigenvalue weighted by molar-refractivity contribution is -0.138. The average molecular weight is 529 g/mol. The number of carboxylic acids is 1. The Morgan fingerprint density at radius 1 is 1.03 bits per heavy atom. The fourth-order valence-electron chi connectivity index (χ4n) is 6.73. The Labute approximate surface area is 214 Å². The molecule has 10 nitrogen and oxygen atoms in total. The number of hydrogen-bond acceptors (Lipinski definition) is 6. The molecule has 36 heavy (non-hydrogen) atoms. The molecule has 0 aromatic rings. The van der Waals surface area contributed by atoms with Crippen LogP contribution in [0, 0.1) is 22.7 Å². The first kappa shape index (κ1) is 28.7. The zero-order valence-electron chi connectivity index (χ0n) is 21.8. The number of urea groups is 1. The van der Waals surface area contributed by atoms with Gasteiger partial charge in [0.05, 0.1) is 11.5 Å². The van der Waals surface area contributed by atoms with Crippen LogP contribution in [-0.4, -0.2) is 67.6 Å². The van der Waals surface area contributed by atoms with Crippen molar-refractivity contribution in [2.24, 2.45) is 28.4 Å². The highest BCUT2D eigenvalue weighted by atomic mass is 32.2. The topological polar surface area (TPSA) is 168 Å². The van der Waals surface area contributed by atoms with Crippen LogP contribution in [0.5, 0.6) is 0 Å². The molecule has 0 aliphatic heterocycles. The first-order valence-electron chi connectivity index (χ1n) is 13.3. The molecule has 0 saturated heterocycles. The molecule has 3 aliphatic rings. The maximum Gasteiger partial charge on any atom is 0.327 e. The summed E-state index contributed by atoms with van der Waals surface area (Å²) in [7, 11) is -3.76. The summed E-state index contributed by atoms with van der Waals surface area (Å²) >= 11 is 0. The molecule has 11 heteroatoms. The van der Waals surface area contributed by atoms with Crippen LogP contribution in [0.2, 0.25) is 0 Å². The maximum atomic E-state index is 13.5. The molecule has 0 aromatic heterocycles. The van der Waals surface area contributed by atoms with E-state index in [0.717, 1.165) is 51.4 Å². The fourth-order valence-corrected chi connectivity index (χ4v) is 7.99. The van der Waals surface area contributed by atoms with Crippen molar-refractivity contribution in [2.75, 3.05) is 18.1 Å². The molecule has 3 saturated carbocycles. The van der Waals surface area contributed by atoms with Crippen LogP contribution >= 0.6 is 0 Å². The van der Waals surface area contributed by atoms with Crippen molar-refractivity contribution in [1.29, 1.82) is 0 Å². The van der Waals surface area contributed by atoms with Crippen molar-refractivity contribution in [2.45, 2.75) is 96.7 Å². The molecule has 3 amide bonds. The second-order valence-corrected chi connectivity index (χ2v) is 14.1. The number of carbonyl (C=O) groups excluding carboxylic acids is 2. The van der Waals surface area contributed by atoms with Crippen molar-refractivity contribution in [1.82, 2.24) is 16.0 Å². The zero-order chi connectivity index (χ0) is 26.7. The van der Waals surface area contributed by atoms with Gasteiger partial charge in [-0.3, -0.25) is 4.79 Å². The number of rotatable bonds is 11. The van der Waals surface area contributed by atoms with Gasteiger partial charge in [-0.25, -0.2) is 18.0 Å². The van der Waals surface area contributed by atoms with Crippen LogP contribution in [0.1, 0.15) is 78.6 Å². The summed E-state index contributed by atoms with van der Waals surface area (Å²) in [5, 5.41) is 17.6. The van der Waals surface area contributed by atoms with E-state index in [2.05, 4.69) is 36.7 Å². The standard InChI is InChI=1S/C25H44N4O6S/c1-24(2)17-9-10-25(24,3)20(14-17)29-21(30)18(13-16-7-5-4-6-8-16)27-23(33)28-19(22(31)32)15-36(34,35)12-11-26/h16-20H,4-15,26H2,1-3H3,(H,29,30)(H,31,32)(H2,27,28,33)/t17-,18-,19+,20+,25+/m1/s1. The van der Waals surface area contributed by atoms with E-state index in [9.17, 15) is 27.9 Å². The van der Waals surface area contributed by atoms with E-state index in [-0.39, 0.29) is 35.1 Å². The number of amides is 3. The van der Waals surface area contributed by atoms with E-state index in [4.69, 9.17) is 5.73 Å². The SMILES string of the molecule is CC1(C)[C@@H]2CC[C@@]1(C)[C@@H](NC(=O)[C@@H](CC1CCCCC1)NC(=O)N[C@@H](CS(=O)(=O)CCN)C(=O)O)C2. The lowest BCUT2D eigenvalue weighted by Gasteiger charge is -2.40. The number of carboxylic acid groups (broad SMARTS) is 1. The second-order valence-electron chi connectivity index (χ2n) is 11.9. The molecule has 0 heterocycles. The predicted octanol–water partition coefficient (Wildman–Crippen LogP) is 1.78. The van der Waals surface area contributed by atoms with Gasteiger partial charge in [-0.2, -0.15) is 0 Å².